The van der Waals surface area contributed by atoms with Gasteiger partial charge in [-0.05, 0) is 42.7 Å². The molecule has 2 saturated heterocycles. The molecule has 1 N–H and O–H groups in total. The molecule has 3 heterocycles. The second-order valence-corrected chi connectivity index (χ2v) is 14.6. The first kappa shape index (κ1) is 29.4. The number of hydrogen-bond donors (Lipinski definition) is 1. The van der Waals surface area contributed by atoms with Crippen molar-refractivity contribution in [1.29, 1.82) is 0 Å². The molecule has 15 heteroatoms. The molecule has 2 atom stereocenters. The quantitative estimate of drug-likeness (QED) is 0.435. The number of ether oxygens (including phenoxy) is 1. The highest BCUT2D eigenvalue weighted by Crippen LogP contribution is 2.34. The Morgan fingerprint density at radius 2 is 1.89 bits per heavy atom. The fraction of sp³-hybridized carbons (Fsp3) is 0.522. The topological polar surface area (TPSA) is 126 Å². The number of amides is 1. The van der Waals surface area contributed by atoms with Crippen LogP contribution in [0.15, 0.2) is 40.6 Å². The van der Waals surface area contributed by atoms with Crippen LogP contribution >= 0.6 is 22.9 Å². The monoisotopic (exact) mass is 606 g/mol. The number of rotatable bonds is 9. The second kappa shape index (κ2) is 12.3. The molecular formula is C23H31ClN4O7S3. The Morgan fingerprint density at radius 3 is 2.55 bits per heavy atom. The Labute approximate surface area is 232 Å². The van der Waals surface area contributed by atoms with Gasteiger partial charge in [-0.3, -0.25) is 4.79 Å². The van der Waals surface area contributed by atoms with E-state index in [-0.39, 0.29) is 30.4 Å². The molecule has 2 aliphatic rings. The third kappa shape index (κ3) is 6.40. The number of sulfonamides is 1. The maximum absolute atomic E-state index is 13.7. The third-order valence-corrected chi connectivity index (χ3v) is 12.3. The Morgan fingerprint density at radius 1 is 1.16 bits per heavy atom. The van der Waals surface area contributed by atoms with E-state index in [9.17, 15) is 21.6 Å². The van der Waals surface area contributed by atoms with Crippen molar-refractivity contribution in [2.24, 2.45) is 0 Å². The lowest BCUT2D eigenvalue weighted by Crippen LogP contribution is -2.62. The van der Waals surface area contributed by atoms with Gasteiger partial charge in [-0.2, -0.15) is 21.3 Å². The summed E-state index contributed by atoms with van der Waals surface area (Å²) in [7, 11) is -6.61. The van der Waals surface area contributed by atoms with Crippen LogP contribution in [0.3, 0.4) is 0 Å². The van der Waals surface area contributed by atoms with Gasteiger partial charge in [-0.1, -0.05) is 30.7 Å². The molecule has 1 amide bonds. The van der Waals surface area contributed by atoms with E-state index in [0.717, 1.165) is 42.7 Å². The van der Waals surface area contributed by atoms with Crippen molar-refractivity contribution < 1.29 is 31.2 Å². The van der Waals surface area contributed by atoms with E-state index < -0.39 is 38.5 Å². The number of carbonyl (C=O) groups excluding carboxylic acids is 1. The van der Waals surface area contributed by atoms with Gasteiger partial charge in [0.1, 0.15) is 10.3 Å². The first-order chi connectivity index (χ1) is 18.0. The van der Waals surface area contributed by atoms with E-state index in [2.05, 4.69) is 5.48 Å². The number of nitrogens with one attached hydrogen (secondary N) is 1. The van der Waals surface area contributed by atoms with Gasteiger partial charge in [0.15, 0.2) is 6.29 Å². The van der Waals surface area contributed by atoms with E-state index in [1.807, 2.05) is 0 Å². The zero-order valence-corrected chi connectivity index (χ0v) is 24.3. The maximum Gasteiger partial charge on any atom is 0.281 e. The van der Waals surface area contributed by atoms with Crippen LogP contribution in [0.4, 0.5) is 0 Å². The molecule has 38 heavy (non-hydrogen) atoms. The van der Waals surface area contributed by atoms with Gasteiger partial charge in [0, 0.05) is 56.2 Å². The standard InChI is InChI=1S/C23H31ClN4O7S3/c1-3-26(2)38(32,33)27-13-14-28(19(16-27)23(29)25-35-21-6-4-5-15-34-21)37(30,31)22-12-11-20(36-22)17-7-9-18(24)10-8-17/h7-12,19,21H,3-6,13-16H2,1-2H3,(H,25,29)/t19-,21?/m1/s1. The van der Waals surface area contributed by atoms with E-state index in [1.165, 1.54) is 13.1 Å². The number of carbonyl (C=O) groups is 1. The molecule has 0 saturated carbocycles. The average Bonchev–Trinajstić information content (AvgIpc) is 3.43. The maximum atomic E-state index is 13.7. The van der Waals surface area contributed by atoms with E-state index >= 15 is 0 Å². The highest BCUT2D eigenvalue weighted by Gasteiger charge is 2.44. The second-order valence-electron chi connectivity index (χ2n) is 8.92. The van der Waals surface area contributed by atoms with Gasteiger partial charge in [-0.15, -0.1) is 11.3 Å². The van der Waals surface area contributed by atoms with Crippen LogP contribution in [0.1, 0.15) is 26.2 Å². The molecule has 1 aromatic heterocycles. The molecule has 210 valence electrons. The van der Waals surface area contributed by atoms with Crippen molar-refractivity contribution in [3.8, 4) is 10.4 Å². The highest BCUT2D eigenvalue weighted by molar-refractivity contribution is 7.91. The van der Waals surface area contributed by atoms with Crippen molar-refractivity contribution >= 4 is 49.1 Å². The van der Waals surface area contributed by atoms with E-state index in [4.69, 9.17) is 21.2 Å². The molecule has 1 unspecified atom stereocenters. The van der Waals surface area contributed by atoms with Crippen molar-refractivity contribution in [3.63, 3.8) is 0 Å². The van der Waals surface area contributed by atoms with Crippen LogP contribution in [0.5, 0.6) is 0 Å². The number of benzene rings is 1. The summed E-state index contributed by atoms with van der Waals surface area (Å²) in [5.74, 6) is -0.767. The zero-order valence-electron chi connectivity index (χ0n) is 21.1. The Bertz CT molecular complexity index is 1330. The Balaban J connectivity index is 1.59. The summed E-state index contributed by atoms with van der Waals surface area (Å²) in [4.78, 5) is 19.4. The first-order valence-corrected chi connectivity index (χ1v) is 16.2. The van der Waals surface area contributed by atoms with Gasteiger partial charge < -0.3 is 4.74 Å². The predicted octanol–water partition coefficient (Wildman–Crippen LogP) is 2.51. The minimum atomic E-state index is -4.15. The molecule has 2 aromatic rings. The summed E-state index contributed by atoms with van der Waals surface area (Å²) in [6.07, 6.45) is 1.69. The van der Waals surface area contributed by atoms with Crippen LogP contribution in [0.2, 0.25) is 5.02 Å². The van der Waals surface area contributed by atoms with Gasteiger partial charge in [0.05, 0.1) is 0 Å². The molecule has 4 rings (SSSR count). The summed E-state index contributed by atoms with van der Waals surface area (Å²) in [6.45, 7) is 1.75. The van der Waals surface area contributed by atoms with Gasteiger partial charge >= 0.3 is 0 Å². The summed E-state index contributed by atoms with van der Waals surface area (Å²) in [5.41, 5.74) is 3.11. The lowest BCUT2D eigenvalue weighted by Gasteiger charge is -2.39. The molecule has 1 aromatic carbocycles. The molecular weight excluding hydrogens is 576 g/mol. The van der Waals surface area contributed by atoms with Crippen LogP contribution in [0, 0.1) is 0 Å². The number of piperazine rings is 1. The first-order valence-electron chi connectivity index (χ1n) is 12.2. The normalized spacial score (nSPS) is 22.0. The number of hydrogen-bond acceptors (Lipinski definition) is 8. The van der Waals surface area contributed by atoms with Gasteiger partial charge in [0.25, 0.3) is 26.1 Å². The summed E-state index contributed by atoms with van der Waals surface area (Å²) in [5, 5.41) is 0.564. The Hall–Kier alpha value is -1.62. The smallest absolute Gasteiger partial charge is 0.281 e. The molecule has 2 fully saturated rings. The largest absolute Gasteiger partial charge is 0.350 e. The van der Waals surface area contributed by atoms with Gasteiger partial charge in [0.2, 0.25) is 0 Å². The number of thiophene rings is 1. The third-order valence-electron chi connectivity index (χ3n) is 6.46. The molecule has 0 spiro atoms. The molecule has 0 radical (unpaired) electrons. The van der Waals surface area contributed by atoms with Crippen molar-refractivity contribution in [1.82, 2.24) is 18.4 Å². The van der Waals surface area contributed by atoms with Crippen molar-refractivity contribution in [2.45, 2.75) is 42.7 Å². The SMILES string of the molecule is CCN(C)S(=O)(=O)N1CCN(S(=O)(=O)c2ccc(-c3ccc(Cl)cc3)s2)[C@@H](C(=O)NOC2CCCCO2)C1. The summed E-state index contributed by atoms with van der Waals surface area (Å²) >= 11 is 7.03. The van der Waals surface area contributed by atoms with Crippen LogP contribution < -0.4 is 5.48 Å². The number of hydroxylamine groups is 1. The van der Waals surface area contributed by atoms with Crippen molar-refractivity contribution in [2.75, 3.05) is 39.8 Å². The highest BCUT2D eigenvalue weighted by atomic mass is 35.5. The number of halogens is 1. The van der Waals surface area contributed by atoms with Crippen LogP contribution in [-0.2, 0) is 34.6 Å². The molecule has 0 bridgehead atoms. The van der Waals surface area contributed by atoms with Gasteiger partial charge in [-0.25, -0.2) is 18.7 Å². The van der Waals surface area contributed by atoms with Crippen LogP contribution in [-0.4, -0.2) is 87.8 Å². The lowest BCUT2D eigenvalue weighted by molar-refractivity contribution is -0.202. The minimum Gasteiger partial charge on any atom is -0.350 e. The Kier molecular flexibility index (Phi) is 9.48. The lowest BCUT2D eigenvalue weighted by atomic mass is 10.2. The molecule has 11 nitrogen and oxygen atoms in total. The minimum absolute atomic E-state index is 0.0405. The zero-order chi connectivity index (χ0) is 27.5. The molecule has 2 aliphatic heterocycles. The average molecular weight is 607 g/mol. The number of nitrogens with zero attached hydrogens (tertiary/aromatic N) is 3. The molecule has 0 aliphatic carbocycles. The van der Waals surface area contributed by atoms with E-state index in [1.54, 1.807) is 37.3 Å². The predicted molar refractivity (Wildman–Crippen MR) is 144 cm³/mol. The van der Waals surface area contributed by atoms with Crippen molar-refractivity contribution in [3.05, 3.63) is 41.4 Å². The van der Waals surface area contributed by atoms with E-state index in [0.29, 0.717) is 22.9 Å². The summed E-state index contributed by atoms with van der Waals surface area (Å²) in [6, 6.07) is 8.84. The summed E-state index contributed by atoms with van der Waals surface area (Å²) < 4.78 is 62.3. The fourth-order valence-corrected chi connectivity index (χ4v) is 8.65. The van der Waals surface area contributed by atoms with Crippen LogP contribution in [0.25, 0.3) is 10.4 Å². The fourth-order valence-electron chi connectivity index (χ4n) is 4.15.